The average Bonchev–Trinajstić information content (AvgIpc) is 3.24. The Hall–Kier alpha value is -3.23. The fourth-order valence-electron chi connectivity index (χ4n) is 3.10. The minimum Gasteiger partial charge on any atom is -0.454 e. The number of hydrogen-bond donors (Lipinski definition) is 1. The molecule has 31 heavy (non-hydrogen) atoms. The van der Waals surface area contributed by atoms with Crippen LogP contribution in [0.2, 0.25) is 5.02 Å². The first-order valence-electron chi connectivity index (χ1n) is 9.42. The van der Waals surface area contributed by atoms with Gasteiger partial charge in [-0.25, -0.2) is 8.42 Å². The normalized spacial score (nSPS) is 12.4. The van der Waals surface area contributed by atoms with Gasteiger partial charge >= 0.3 is 0 Å². The molecule has 0 radical (unpaired) electrons. The van der Waals surface area contributed by atoms with E-state index in [1.807, 2.05) is 6.07 Å². The molecule has 1 aliphatic rings. The largest absolute Gasteiger partial charge is 0.454 e. The summed E-state index contributed by atoms with van der Waals surface area (Å²) in [6.45, 7) is -0.0244. The van der Waals surface area contributed by atoms with Gasteiger partial charge in [-0.15, -0.1) is 0 Å². The van der Waals surface area contributed by atoms with Crippen molar-refractivity contribution in [1.82, 2.24) is 5.32 Å². The number of rotatable bonds is 7. The predicted molar refractivity (Wildman–Crippen MR) is 117 cm³/mol. The first-order chi connectivity index (χ1) is 14.9. The van der Waals surface area contributed by atoms with Gasteiger partial charge in [0.2, 0.25) is 12.7 Å². The average molecular weight is 459 g/mol. The lowest BCUT2D eigenvalue weighted by atomic mass is 10.2. The van der Waals surface area contributed by atoms with Crippen molar-refractivity contribution in [1.29, 1.82) is 0 Å². The number of ether oxygens (including phenoxy) is 2. The summed E-state index contributed by atoms with van der Waals surface area (Å²) in [6.07, 6.45) is 0. The number of carbonyl (C=O) groups is 1. The molecule has 3 aromatic rings. The maximum atomic E-state index is 13.3. The van der Waals surface area contributed by atoms with Gasteiger partial charge in [0.25, 0.3) is 10.0 Å². The lowest BCUT2D eigenvalue weighted by Crippen LogP contribution is -2.40. The number of anilines is 1. The minimum atomic E-state index is -3.98. The van der Waals surface area contributed by atoms with Crippen molar-refractivity contribution in [3.63, 3.8) is 0 Å². The van der Waals surface area contributed by atoms with Crippen LogP contribution in [0.15, 0.2) is 77.7 Å². The fourth-order valence-corrected chi connectivity index (χ4v) is 4.72. The van der Waals surface area contributed by atoms with E-state index in [1.54, 1.807) is 48.5 Å². The summed E-state index contributed by atoms with van der Waals surface area (Å²) in [5, 5.41) is 3.12. The Morgan fingerprint density at radius 2 is 1.74 bits per heavy atom. The number of carbonyl (C=O) groups excluding carboxylic acids is 1. The van der Waals surface area contributed by atoms with Crippen molar-refractivity contribution in [3.8, 4) is 11.5 Å². The highest BCUT2D eigenvalue weighted by molar-refractivity contribution is 7.92. The van der Waals surface area contributed by atoms with Gasteiger partial charge in [-0.2, -0.15) is 0 Å². The Morgan fingerprint density at radius 1 is 0.968 bits per heavy atom. The predicted octanol–water partition coefficient (Wildman–Crippen LogP) is 3.58. The van der Waals surface area contributed by atoms with E-state index in [0.717, 1.165) is 9.87 Å². The van der Waals surface area contributed by atoms with Crippen LogP contribution in [0.3, 0.4) is 0 Å². The van der Waals surface area contributed by atoms with Gasteiger partial charge in [0.05, 0.1) is 10.6 Å². The van der Waals surface area contributed by atoms with Crippen LogP contribution in [0.25, 0.3) is 0 Å². The number of hydrogen-bond acceptors (Lipinski definition) is 5. The number of nitrogens with one attached hydrogen (secondary N) is 1. The number of amides is 1. The summed E-state index contributed by atoms with van der Waals surface area (Å²) in [5.74, 6) is 0.798. The molecule has 0 unspecified atom stereocenters. The molecule has 0 saturated heterocycles. The standard InChI is InChI=1S/C22H19ClN2O5S/c23-17-5-4-6-18(12-17)25(31(27,28)19-7-2-1-3-8-19)14-22(26)24-13-16-9-10-20-21(11-16)30-15-29-20/h1-12H,13-15H2,(H,24,26). The van der Waals surface area contributed by atoms with Crippen LogP contribution < -0.4 is 19.1 Å². The second-order valence-corrected chi connectivity index (χ2v) is 9.07. The highest BCUT2D eigenvalue weighted by Gasteiger charge is 2.27. The minimum absolute atomic E-state index is 0.0820. The maximum Gasteiger partial charge on any atom is 0.264 e. The number of sulfonamides is 1. The van der Waals surface area contributed by atoms with Crippen molar-refractivity contribution in [2.75, 3.05) is 17.6 Å². The summed E-state index contributed by atoms with van der Waals surface area (Å²) in [5.41, 5.74) is 1.10. The Bertz CT molecular complexity index is 1200. The molecule has 1 aliphatic heterocycles. The van der Waals surface area contributed by atoms with E-state index in [-0.39, 0.29) is 18.2 Å². The molecule has 0 fully saturated rings. The smallest absolute Gasteiger partial charge is 0.264 e. The number of halogens is 1. The Balaban J connectivity index is 1.54. The van der Waals surface area contributed by atoms with Gasteiger partial charge in [-0.05, 0) is 48.0 Å². The van der Waals surface area contributed by atoms with E-state index in [2.05, 4.69) is 5.32 Å². The van der Waals surface area contributed by atoms with Gasteiger partial charge in [0, 0.05) is 11.6 Å². The highest BCUT2D eigenvalue weighted by Crippen LogP contribution is 2.32. The molecular weight excluding hydrogens is 440 g/mol. The number of fused-ring (bicyclic) bond motifs is 1. The van der Waals surface area contributed by atoms with Gasteiger partial charge in [-0.3, -0.25) is 9.10 Å². The zero-order valence-electron chi connectivity index (χ0n) is 16.3. The van der Waals surface area contributed by atoms with E-state index in [0.29, 0.717) is 22.2 Å². The first-order valence-corrected chi connectivity index (χ1v) is 11.2. The van der Waals surface area contributed by atoms with Crippen molar-refractivity contribution in [2.24, 2.45) is 0 Å². The SMILES string of the molecule is O=C(CN(c1cccc(Cl)c1)S(=O)(=O)c1ccccc1)NCc1ccc2c(c1)OCO2. The van der Waals surface area contributed by atoms with Gasteiger partial charge in [0.1, 0.15) is 6.54 Å². The van der Waals surface area contributed by atoms with E-state index in [4.69, 9.17) is 21.1 Å². The summed E-state index contributed by atoms with van der Waals surface area (Å²) in [6, 6.07) is 19.7. The lowest BCUT2D eigenvalue weighted by molar-refractivity contribution is -0.119. The van der Waals surface area contributed by atoms with Crippen molar-refractivity contribution >= 4 is 33.2 Å². The highest BCUT2D eigenvalue weighted by atomic mass is 35.5. The third kappa shape index (κ3) is 4.76. The van der Waals surface area contributed by atoms with Crippen LogP contribution >= 0.6 is 11.6 Å². The Kier molecular flexibility index (Phi) is 6.01. The monoisotopic (exact) mass is 458 g/mol. The Labute approximate surface area is 185 Å². The molecule has 160 valence electrons. The molecule has 0 atom stereocenters. The topological polar surface area (TPSA) is 84.9 Å². The summed E-state index contributed by atoms with van der Waals surface area (Å²) < 4.78 is 38.2. The molecule has 0 bridgehead atoms. The van der Waals surface area contributed by atoms with E-state index in [9.17, 15) is 13.2 Å². The number of nitrogens with zero attached hydrogens (tertiary/aromatic N) is 1. The molecule has 0 saturated carbocycles. The van der Waals surface area contributed by atoms with Crippen molar-refractivity contribution in [2.45, 2.75) is 11.4 Å². The van der Waals surface area contributed by atoms with Crippen LogP contribution in [0, 0.1) is 0 Å². The second-order valence-electron chi connectivity index (χ2n) is 6.77. The van der Waals surface area contributed by atoms with Crippen LogP contribution in [0.5, 0.6) is 11.5 Å². The van der Waals surface area contributed by atoms with E-state index < -0.39 is 22.5 Å². The molecule has 3 aromatic carbocycles. The molecule has 9 heteroatoms. The second kappa shape index (κ2) is 8.87. The van der Waals surface area contributed by atoms with Gasteiger partial charge in [-0.1, -0.05) is 41.9 Å². The van der Waals surface area contributed by atoms with Crippen LogP contribution in [0.4, 0.5) is 5.69 Å². The fraction of sp³-hybridized carbons (Fsp3) is 0.136. The molecule has 0 aromatic heterocycles. The third-order valence-electron chi connectivity index (χ3n) is 4.64. The van der Waals surface area contributed by atoms with Crippen LogP contribution in [0.1, 0.15) is 5.56 Å². The molecule has 0 aliphatic carbocycles. The van der Waals surface area contributed by atoms with Crippen molar-refractivity contribution < 1.29 is 22.7 Å². The quantitative estimate of drug-likeness (QED) is 0.585. The molecular formula is C22H19ClN2O5S. The summed E-state index contributed by atoms with van der Waals surface area (Å²) in [7, 11) is -3.98. The molecule has 1 heterocycles. The maximum absolute atomic E-state index is 13.3. The summed E-state index contributed by atoms with van der Waals surface area (Å²) in [4.78, 5) is 12.8. The van der Waals surface area contributed by atoms with Gasteiger partial charge in [0.15, 0.2) is 11.5 Å². The van der Waals surface area contributed by atoms with Crippen LogP contribution in [-0.4, -0.2) is 27.7 Å². The Morgan fingerprint density at radius 3 is 2.52 bits per heavy atom. The third-order valence-corrected chi connectivity index (χ3v) is 6.66. The van der Waals surface area contributed by atoms with Gasteiger partial charge < -0.3 is 14.8 Å². The molecule has 1 amide bonds. The zero-order valence-corrected chi connectivity index (χ0v) is 17.9. The number of benzene rings is 3. The van der Waals surface area contributed by atoms with E-state index >= 15 is 0 Å². The molecule has 4 rings (SSSR count). The lowest BCUT2D eigenvalue weighted by Gasteiger charge is -2.24. The first kappa shape index (κ1) is 21.0. The van der Waals surface area contributed by atoms with Crippen LogP contribution in [-0.2, 0) is 21.4 Å². The molecule has 7 nitrogen and oxygen atoms in total. The summed E-state index contributed by atoms with van der Waals surface area (Å²) >= 11 is 6.07. The van der Waals surface area contributed by atoms with Crippen molar-refractivity contribution in [3.05, 3.63) is 83.4 Å². The van der Waals surface area contributed by atoms with E-state index in [1.165, 1.54) is 18.2 Å². The molecule has 1 N–H and O–H groups in total. The molecule has 0 spiro atoms. The zero-order chi connectivity index (χ0) is 21.8.